The van der Waals surface area contributed by atoms with Crippen LogP contribution < -0.4 is 9.64 Å². The highest BCUT2D eigenvalue weighted by molar-refractivity contribution is 7.98. The van der Waals surface area contributed by atoms with Crippen LogP contribution in [0.15, 0.2) is 47.9 Å². The van der Waals surface area contributed by atoms with Gasteiger partial charge in [0.1, 0.15) is 47.1 Å². The van der Waals surface area contributed by atoms with Gasteiger partial charge in [-0.2, -0.15) is 19.3 Å². The van der Waals surface area contributed by atoms with Crippen LogP contribution in [0.3, 0.4) is 0 Å². The first-order chi connectivity index (χ1) is 17.5. The van der Waals surface area contributed by atoms with Crippen molar-refractivity contribution in [1.82, 2.24) is 15.0 Å². The summed E-state index contributed by atoms with van der Waals surface area (Å²) in [5.41, 5.74) is 2.00. The summed E-state index contributed by atoms with van der Waals surface area (Å²) in [4.78, 5) is 14.5. The fourth-order valence-electron chi connectivity index (χ4n) is 3.54. The number of aromatic nitrogens is 3. The van der Waals surface area contributed by atoms with Crippen LogP contribution >= 0.6 is 11.8 Å². The number of ether oxygens (including phenoxy) is 2. The highest BCUT2D eigenvalue weighted by Gasteiger charge is 2.32. The minimum absolute atomic E-state index is 0.0709. The summed E-state index contributed by atoms with van der Waals surface area (Å²) < 4.78 is 47.4. The third-order valence-electron chi connectivity index (χ3n) is 5.22. The topological polar surface area (TPSA) is 108 Å². The lowest BCUT2D eigenvalue weighted by Gasteiger charge is -2.36. The Kier molecular flexibility index (Phi) is 8.21. The lowest BCUT2D eigenvalue weighted by atomic mass is 9.95. The van der Waals surface area contributed by atoms with Crippen LogP contribution in [0.5, 0.6) is 5.75 Å². The van der Waals surface area contributed by atoms with E-state index < -0.39 is 12.8 Å². The quantitative estimate of drug-likeness (QED) is 0.289. The molecule has 12 heteroatoms. The van der Waals surface area contributed by atoms with Crippen LogP contribution in [0.2, 0.25) is 0 Å². The number of benzene rings is 1. The lowest BCUT2D eigenvalue weighted by molar-refractivity contribution is -0.133. The summed E-state index contributed by atoms with van der Waals surface area (Å²) in [6.07, 6.45) is 3.72. The van der Waals surface area contributed by atoms with Crippen molar-refractivity contribution in [3.63, 3.8) is 0 Å². The van der Waals surface area contributed by atoms with Gasteiger partial charge < -0.3 is 14.4 Å². The Labute approximate surface area is 209 Å². The molecule has 0 bridgehead atoms. The molecule has 0 amide bonds. The predicted octanol–water partition coefficient (Wildman–Crippen LogP) is 4.35. The molecule has 0 spiro atoms. The Morgan fingerprint density at radius 2 is 1.83 bits per heavy atom. The van der Waals surface area contributed by atoms with Gasteiger partial charge >= 0.3 is 6.61 Å². The number of pyridine rings is 1. The van der Waals surface area contributed by atoms with E-state index in [1.165, 1.54) is 11.8 Å². The first-order valence-corrected chi connectivity index (χ1v) is 11.8. The molecule has 3 aromatic rings. The maximum Gasteiger partial charge on any atom is 0.345 e. The Morgan fingerprint density at radius 1 is 1.08 bits per heavy atom. The molecule has 0 radical (unpaired) electrons. The van der Waals surface area contributed by atoms with Gasteiger partial charge in [-0.25, -0.2) is 9.37 Å². The van der Waals surface area contributed by atoms with Gasteiger partial charge in [-0.05, 0) is 17.7 Å². The van der Waals surface area contributed by atoms with E-state index in [1.54, 1.807) is 47.8 Å². The zero-order chi connectivity index (χ0) is 25.5. The van der Waals surface area contributed by atoms with E-state index >= 15 is 0 Å². The van der Waals surface area contributed by atoms with Crippen molar-refractivity contribution in [3.05, 3.63) is 59.7 Å². The van der Waals surface area contributed by atoms with Crippen molar-refractivity contribution in [1.29, 1.82) is 10.5 Å². The van der Waals surface area contributed by atoms with Gasteiger partial charge in [-0.1, -0.05) is 23.9 Å². The van der Waals surface area contributed by atoms with Crippen LogP contribution in [0, 0.1) is 22.7 Å². The zero-order valence-corrected chi connectivity index (χ0v) is 19.6. The Hall–Kier alpha value is -3.87. The molecule has 0 aliphatic carbocycles. The highest BCUT2D eigenvalue weighted by atomic mass is 32.2. The van der Waals surface area contributed by atoms with Crippen molar-refractivity contribution in [2.24, 2.45) is 0 Å². The maximum atomic E-state index is 13.7. The lowest BCUT2D eigenvalue weighted by Crippen LogP contribution is -2.49. The third-order valence-corrected chi connectivity index (χ3v) is 6.23. The Balaban J connectivity index is 1.69. The van der Waals surface area contributed by atoms with Crippen LogP contribution in [-0.2, 0) is 10.5 Å². The molecule has 3 heterocycles. The monoisotopic (exact) mass is 512 g/mol. The maximum absolute atomic E-state index is 13.7. The number of alkyl halides is 3. The average Bonchev–Trinajstić information content (AvgIpc) is 2.88. The molecule has 0 N–H and O–H groups in total. The second kappa shape index (κ2) is 11.7. The van der Waals surface area contributed by atoms with Crippen LogP contribution in [0.1, 0.15) is 16.8 Å². The number of hydrogen-bond donors (Lipinski definition) is 0. The molecular formula is C24H19F3N6O2S. The molecule has 1 aliphatic rings. The first kappa shape index (κ1) is 25.2. The van der Waals surface area contributed by atoms with Crippen LogP contribution in [0.25, 0.3) is 11.1 Å². The molecule has 0 unspecified atom stereocenters. The molecule has 1 aromatic carbocycles. The number of rotatable bonds is 10. The molecule has 0 saturated carbocycles. The molecule has 36 heavy (non-hydrogen) atoms. The van der Waals surface area contributed by atoms with Gasteiger partial charge in [0.25, 0.3) is 0 Å². The molecule has 8 nitrogen and oxygen atoms in total. The van der Waals surface area contributed by atoms with E-state index in [1.807, 2.05) is 0 Å². The average molecular weight is 513 g/mol. The number of anilines is 1. The molecule has 1 saturated heterocycles. The minimum atomic E-state index is -2.87. The minimum Gasteiger partial charge on any atom is -0.491 e. The molecule has 1 aliphatic heterocycles. The van der Waals surface area contributed by atoms with E-state index in [4.69, 9.17) is 4.74 Å². The molecule has 1 fully saturated rings. The molecule has 184 valence electrons. The van der Waals surface area contributed by atoms with E-state index in [0.717, 1.165) is 0 Å². The van der Waals surface area contributed by atoms with Gasteiger partial charge in [-0.15, -0.1) is 0 Å². The van der Waals surface area contributed by atoms with Crippen LogP contribution in [0.4, 0.5) is 19.0 Å². The standard InChI is InChI=1S/C24H19F3N6O2S/c25-16-12-33(13-16)22-19(9-28)21(15-1-3-18(4-2-15)34-7-8-35-24(26)27)20(10-29)23(32-22)36-14-17-11-30-5-6-31-17/h1-6,11,16,24H,7-8,12-14H2. The van der Waals surface area contributed by atoms with E-state index in [2.05, 4.69) is 31.8 Å². The summed E-state index contributed by atoms with van der Waals surface area (Å²) in [6.45, 7) is -3.00. The van der Waals surface area contributed by atoms with Gasteiger partial charge in [0.15, 0.2) is 0 Å². The SMILES string of the molecule is N#Cc1c(SCc2cnccn2)nc(N2CC(F)C2)c(C#N)c1-c1ccc(OCCOC(F)F)cc1. The number of nitriles is 2. The van der Waals surface area contributed by atoms with Crippen molar-refractivity contribution >= 4 is 17.6 Å². The second-order valence-electron chi connectivity index (χ2n) is 7.58. The van der Waals surface area contributed by atoms with E-state index in [-0.39, 0.29) is 37.4 Å². The number of thioether (sulfide) groups is 1. The van der Waals surface area contributed by atoms with Crippen molar-refractivity contribution in [2.75, 3.05) is 31.2 Å². The van der Waals surface area contributed by atoms with Crippen molar-refractivity contribution in [3.8, 4) is 29.0 Å². The zero-order valence-electron chi connectivity index (χ0n) is 18.8. The molecule has 4 rings (SSSR count). The van der Waals surface area contributed by atoms with Gasteiger partial charge in [0.2, 0.25) is 0 Å². The van der Waals surface area contributed by atoms with Gasteiger partial charge in [0.05, 0.1) is 31.0 Å². The molecule has 0 atom stereocenters. The summed E-state index contributed by atoms with van der Waals surface area (Å²) >= 11 is 1.27. The van der Waals surface area contributed by atoms with Crippen LogP contribution in [-0.4, -0.2) is 54.0 Å². The largest absolute Gasteiger partial charge is 0.491 e. The Morgan fingerprint density at radius 3 is 2.44 bits per heavy atom. The Bertz CT molecular complexity index is 1280. The summed E-state index contributed by atoms with van der Waals surface area (Å²) in [6, 6.07) is 10.8. The normalized spacial score (nSPS) is 13.2. The van der Waals surface area contributed by atoms with E-state index in [9.17, 15) is 23.7 Å². The fourth-order valence-corrected chi connectivity index (χ4v) is 4.42. The number of hydrogen-bond acceptors (Lipinski definition) is 9. The highest BCUT2D eigenvalue weighted by Crippen LogP contribution is 2.40. The summed E-state index contributed by atoms with van der Waals surface area (Å²) in [5.74, 6) is 1.11. The molecular weight excluding hydrogens is 493 g/mol. The first-order valence-electron chi connectivity index (χ1n) is 10.8. The van der Waals surface area contributed by atoms with Gasteiger partial charge in [-0.3, -0.25) is 9.97 Å². The number of halogens is 3. The summed E-state index contributed by atoms with van der Waals surface area (Å²) in [5, 5.41) is 20.4. The second-order valence-corrected chi connectivity index (χ2v) is 8.55. The van der Waals surface area contributed by atoms with Crippen molar-refractivity contribution < 1.29 is 22.6 Å². The van der Waals surface area contributed by atoms with Gasteiger partial charge in [0, 0.05) is 29.9 Å². The van der Waals surface area contributed by atoms with Crippen molar-refractivity contribution in [2.45, 2.75) is 23.6 Å². The smallest absolute Gasteiger partial charge is 0.345 e. The third kappa shape index (κ3) is 5.85. The summed E-state index contributed by atoms with van der Waals surface area (Å²) in [7, 11) is 0. The predicted molar refractivity (Wildman–Crippen MR) is 125 cm³/mol. The van der Waals surface area contributed by atoms with E-state index in [0.29, 0.717) is 39.2 Å². The fraction of sp³-hybridized carbons (Fsp3) is 0.292. The molecule has 2 aromatic heterocycles. The number of nitrogens with zero attached hydrogens (tertiary/aromatic N) is 6.